The number of aliphatic imine (C=N–C) groups is 1. The van der Waals surface area contributed by atoms with Crippen molar-refractivity contribution in [2.24, 2.45) is 4.99 Å². The Hall–Kier alpha value is -2.15. The highest BCUT2D eigenvalue weighted by Crippen LogP contribution is 2.22. The van der Waals surface area contributed by atoms with Crippen molar-refractivity contribution in [3.05, 3.63) is 47.7 Å². The summed E-state index contributed by atoms with van der Waals surface area (Å²) in [5.41, 5.74) is 0.575. The number of hydrogen-bond donors (Lipinski definition) is 1. The van der Waals surface area contributed by atoms with Gasteiger partial charge in [0.25, 0.3) is 10.0 Å². The third-order valence-electron chi connectivity index (χ3n) is 2.70. The average molecular weight is 277 g/mol. The summed E-state index contributed by atoms with van der Waals surface area (Å²) in [5.74, 6) is 1.47. The monoisotopic (exact) mass is 277 g/mol. The van der Waals surface area contributed by atoms with Crippen LogP contribution in [-0.2, 0) is 16.6 Å². The molecule has 98 valence electrons. The first kappa shape index (κ1) is 11.9. The van der Waals surface area contributed by atoms with Crippen molar-refractivity contribution < 1.29 is 12.8 Å². The van der Waals surface area contributed by atoms with Crippen molar-refractivity contribution in [1.82, 2.24) is 9.71 Å². The molecule has 1 N–H and O–H groups in total. The summed E-state index contributed by atoms with van der Waals surface area (Å²) in [7, 11) is -3.49. The Morgan fingerprint density at radius 3 is 2.89 bits per heavy atom. The molecular weight excluding hydrogens is 266 g/mol. The minimum absolute atomic E-state index is 0.194. The van der Waals surface area contributed by atoms with E-state index in [9.17, 15) is 8.42 Å². The Balaban J connectivity index is 1.95. The number of hydrogen-bond acceptors (Lipinski definition) is 5. The Kier molecular flexibility index (Phi) is 2.63. The summed E-state index contributed by atoms with van der Waals surface area (Å²) in [4.78, 5) is 8.48. The van der Waals surface area contributed by atoms with E-state index in [1.54, 1.807) is 37.4 Å². The molecule has 2 heterocycles. The molecule has 0 radical (unpaired) electrons. The SMILES string of the molecule is Cc1cnc(CN=C2NS(=O)(=O)c3ccccc32)o1. The van der Waals surface area contributed by atoms with Crippen LogP contribution < -0.4 is 4.72 Å². The second kappa shape index (κ2) is 4.20. The number of fused-ring (bicyclic) bond motifs is 1. The molecule has 0 atom stereocenters. The van der Waals surface area contributed by atoms with Crippen molar-refractivity contribution >= 4 is 15.9 Å². The Morgan fingerprint density at radius 2 is 2.16 bits per heavy atom. The van der Waals surface area contributed by atoms with Gasteiger partial charge in [0, 0.05) is 5.56 Å². The fourth-order valence-electron chi connectivity index (χ4n) is 1.87. The number of nitrogens with one attached hydrogen (secondary N) is 1. The molecule has 0 saturated heterocycles. The molecule has 1 aromatic heterocycles. The number of amidine groups is 1. The quantitative estimate of drug-likeness (QED) is 0.894. The van der Waals surface area contributed by atoms with Gasteiger partial charge in [-0.25, -0.2) is 13.4 Å². The van der Waals surface area contributed by atoms with Crippen LogP contribution in [0.4, 0.5) is 0 Å². The molecular formula is C12H11N3O3S. The third kappa shape index (κ3) is 2.12. The van der Waals surface area contributed by atoms with Gasteiger partial charge in [-0.3, -0.25) is 9.71 Å². The van der Waals surface area contributed by atoms with E-state index in [1.165, 1.54) is 0 Å². The lowest BCUT2D eigenvalue weighted by molar-refractivity contribution is 0.474. The molecule has 1 aromatic carbocycles. The van der Waals surface area contributed by atoms with Crippen LogP contribution >= 0.6 is 0 Å². The number of benzene rings is 1. The van der Waals surface area contributed by atoms with Gasteiger partial charge in [-0.1, -0.05) is 12.1 Å². The zero-order valence-corrected chi connectivity index (χ0v) is 10.9. The van der Waals surface area contributed by atoms with Crippen molar-refractivity contribution in [3.8, 4) is 0 Å². The lowest BCUT2D eigenvalue weighted by atomic mass is 10.2. The van der Waals surface area contributed by atoms with Gasteiger partial charge in [0.15, 0.2) is 0 Å². The smallest absolute Gasteiger partial charge is 0.263 e. The summed E-state index contributed by atoms with van der Waals surface area (Å²) < 4.78 is 31.4. The van der Waals surface area contributed by atoms with E-state index in [-0.39, 0.29) is 11.4 Å². The molecule has 0 unspecified atom stereocenters. The van der Waals surface area contributed by atoms with E-state index in [2.05, 4.69) is 14.7 Å². The van der Waals surface area contributed by atoms with E-state index < -0.39 is 10.0 Å². The van der Waals surface area contributed by atoms with Gasteiger partial charge in [0.2, 0.25) is 5.89 Å². The lowest BCUT2D eigenvalue weighted by Crippen LogP contribution is -2.22. The number of aryl methyl sites for hydroxylation is 1. The van der Waals surface area contributed by atoms with Gasteiger partial charge in [-0.05, 0) is 19.1 Å². The standard InChI is InChI=1S/C12H11N3O3S/c1-8-6-13-11(18-8)7-14-12-9-4-2-3-5-10(9)19(16,17)15-12/h2-6H,7H2,1H3,(H,14,15). The molecule has 0 amide bonds. The minimum Gasteiger partial charge on any atom is -0.444 e. The average Bonchev–Trinajstić information content (AvgIpc) is 2.90. The highest BCUT2D eigenvalue weighted by Gasteiger charge is 2.30. The second-order valence-electron chi connectivity index (χ2n) is 4.13. The van der Waals surface area contributed by atoms with Crippen LogP contribution in [0.15, 0.2) is 44.8 Å². The van der Waals surface area contributed by atoms with E-state index in [4.69, 9.17) is 4.42 Å². The molecule has 0 fully saturated rings. The summed E-state index contributed by atoms with van der Waals surface area (Å²) in [5, 5.41) is 0. The summed E-state index contributed by atoms with van der Waals surface area (Å²) in [6, 6.07) is 6.71. The van der Waals surface area contributed by atoms with Crippen LogP contribution in [0.25, 0.3) is 0 Å². The molecule has 7 heteroatoms. The van der Waals surface area contributed by atoms with Crippen LogP contribution in [0, 0.1) is 6.92 Å². The van der Waals surface area contributed by atoms with E-state index in [1.807, 2.05) is 0 Å². The number of nitrogens with zero attached hydrogens (tertiary/aromatic N) is 2. The van der Waals surface area contributed by atoms with Gasteiger partial charge < -0.3 is 4.42 Å². The molecule has 19 heavy (non-hydrogen) atoms. The first-order valence-corrected chi connectivity index (χ1v) is 7.12. The summed E-state index contributed by atoms with van der Waals surface area (Å²) >= 11 is 0. The molecule has 0 aliphatic carbocycles. The van der Waals surface area contributed by atoms with Crippen molar-refractivity contribution in [2.75, 3.05) is 0 Å². The molecule has 3 rings (SSSR count). The lowest BCUT2D eigenvalue weighted by Gasteiger charge is -1.96. The Bertz CT molecular complexity index is 762. The van der Waals surface area contributed by atoms with E-state index >= 15 is 0 Å². The maximum Gasteiger partial charge on any atom is 0.263 e. The van der Waals surface area contributed by atoms with Crippen molar-refractivity contribution in [3.63, 3.8) is 0 Å². The number of sulfonamides is 1. The first-order valence-electron chi connectivity index (χ1n) is 5.64. The maximum atomic E-state index is 11.8. The van der Waals surface area contributed by atoms with E-state index in [0.717, 1.165) is 0 Å². The van der Waals surface area contributed by atoms with Gasteiger partial charge in [-0.2, -0.15) is 0 Å². The second-order valence-corrected chi connectivity index (χ2v) is 5.78. The Labute approximate surface area is 110 Å². The number of oxazole rings is 1. The predicted octanol–water partition coefficient (Wildman–Crippen LogP) is 1.22. The zero-order valence-electron chi connectivity index (χ0n) is 10.1. The fraction of sp³-hybridized carbons (Fsp3) is 0.167. The molecule has 1 aliphatic rings. The largest absolute Gasteiger partial charge is 0.444 e. The molecule has 0 saturated carbocycles. The number of rotatable bonds is 2. The fourth-order valence-corrected chi connectivity index (χ4v) is 3.12. The van der Waals surface area contributed by atoms with Gasteiger partial charge in [0.05, 0.1) is 11.1 Å². The maximum absolute atomic E-state index is 11.8. The topological polar surface area (TPSA) is 84.6 Å². The normalized spacial score (nSPS) is 18.3. The molecule has 6 nitrogen and oxygen atoms in total. The molecule has 0 spiro atoms. The molecule has 1 aliphatic heterocycles. The summed E-state index contributed by atoms with van der Waals surface area (Å²) in [6.07, 6.45) is 1.60. The van der Waals surface area contributed by atoms with Gasteiger partial charge in [0.1, 0.15) is 18.1 Å². The van der Waals surface area contributed by atoms with Crippen molar-refractivity contribution in [2.45, 2.75) is 18.4 Å². The predicted molar refractivity (Wildman–Crippen MR) is 68.2 cm³/mol. The Morgan fingerprint density at radius 1 is 1.37 bits per heavy atom. The van der Waals surface area contributed by atoms with E-state index in [0.29, 0.717) is 23.1 Å². The van der Waals surface area contributed by atoms with Crippen LogP contribution in [-0.4, -0.2) is 19.2 Å². The van der Waals surface area contributed by atoms with Crippen LogP contribution in [0.2, 0.25) is 0 Å². The third-order valence-corrected chi connectivity index (χ3v) is 4.10. The van der Waals surface area contributed by atoms with Gasteiger partial charge in [-0.15, -0.1) is 0 Å². The first-order chi connectivity index (χ1) is 9.06. The van der Waals surface area contributed by atoms with Crippen LogP contribution in [0.5, 0.6) is 0 Å². The zero-order chi connectivity index (χ0) is 13.5. The molecule has 2 aromatic rings. The molecule has 0 bridgehead atoms. The highest BCUT2D eigenvalue weighted by atomic mass is 32.2. The van der Waals surface area contributed by atoms with Crippen LogP contribution in [0.1, 0.15) is 17.2 Å². The van der Waals surface area contributed by atoms with Gasteiger partial charge >= 0.3 is 0 Å². The van der Waals surface area contributed by atoms with Crippen LogP contribution in [0.3, 0.4) is 0 Å². The number of aromatic nitrogens is 1. The summed E-state index contributed by atoms with van der Waals surface area (Å²) in [6.45, 7) is 1.98. The minimum atomic E-state index is -3.49. The van der Waals surface area contributed by atoms with Crippen molar-refractivity contribution in [1.29, 1.82) is 0 Å². The highest BCUT2D eigenvalue weighted by molar-refractivity contribution is 7.90.